The van der Waals surface area contributed by atoms with Gasteiger partial charge in [0.05, 0.1) is 39.9 Å². The molecule has 0 saturated carbocycles. The smallest absolute Gasteiger partial charge is 0.268 e. The normalized spacial score (nSPS) is 14.8. The van der Waals surface area contributed by atoms with Gasteiger partial charge in [-0.05, 0) is 109 Å². The number of hydrogen-bond acceptors (Lipinski definition) is 6. The quantitative estimate of drug-likeness (QED) is 0.0272. The van der Waals surface area contributed by atoms with Crippen molar-refractivity contribution in [3.8, 4) is 0 Å². The summed E-state index contributed by atoms with van der Waals surface area (Å²) in [6.45, 7) is 4.47. The third-order valence-corrected chi connectivity index (χ3v) is 13.7. The standard InChI is InChI=1S/C68H115N2O6P/c1-6-8-10-12-14-16-18-20-22-24-26-28-30-31-32-33-34-35-36-37-38-39-40-42-44-46-48-50-52-54-56-58-60-62-68(72)69-66(65-76-77(73,74)75-64-63-70(3,4)5)67(71)61-59-57-55-53-51-49-47-45-43-41-29-27-25-23-21-19-17-15-13-11-9-7-2/h8,10,14,16,20,22,26,28,31-32,34-35,37-38,40,42,46,48,51-54,59,61,66-67,71H,6-7,9,11-13,15,17-19,21,23-25,27,29-30,33,36,39,41,43-45,47,49-50,55-58,60,62-65H2,1-5H3,(H-,69,72,73,74)/b10-8-,16-14-,22-20-,28-26-,32-31-,35-34-,38-37-,42-40-,48-46-,53-51+,54-52-,61-59+. The fourth-order valence-corrected chi connectivity index (χ4v) is 8.74. The molecule has 0 rings (SSSR count). The number of aliphatic hydroxyl groups is 1. The third-order valence-electron chi connectivity index (χ3n) is 12.8. The Labute approximate surface area is 474 Å². The molecule has 0 aromatic carbocycles. The summed E-state index contributed by atoms with van der Waals surface area (Å²) in [5.41, 5.74) is 0. The first-order chi connectivity index (χ1) is 37.5. The molecule has 3 unspecified atom stereocenters. The van der Waals surface area contributed by atoms with Gasteiger partial charge in [-0.2, -0.15) is 0 Å². The number of aliphatic hydroxyl groups excluding tert-OH is 1. The highest BCUT2D eigenvalue weighted by Gasteiger charge is 2.23. The minimum atomic E-state index is -4.63. The van der Waals surface area contributed by atoms with Gasteiger partial charge in [0.2, 0.25) is 5.91 Å². The van der Waals surface area contributed by atoms with E-state index in [2.05, 4.69) is 153 Å². The van der Waals surface area contributed by atoms with E-state index >= 15 is 0 Å². The number of allylic oxidation sites excluding steroid dienone is 23. The van der Waals surface area contributed by atoms with Gasteiger partial charge >= 0.3 is 0 Å². The summed E-state index contributed by atoms with van der Waals surface area (Å²) in [5, 5.41) is 13.9. The van der Waals surface area contributed by atoms with Crippen LogP contribution in [0.15, 0.2) is 146 Å². The van der Waals surface area contributed by atoms with Crippen molar-refractivity contribution in [2.75, 3.05) is 40.9 Å². The zero-order valence-electron chi connectivity index (χ0n) is 49.8. The molecule has 0 saturated heterocycles. The number of phosphoric ester groups is 1. The molecular weight excluding hydrogens is 972 g/mol. The number of hydrogen-bond donors (Lipinski definition) is 2. The van der Waals surface area contributed by atoms with Gasteiger partial charge in [-0.15, -0.1) is 0 Å². The SMILES string of the molecule is CC/C=C\C/C=C\C/C=C\C/C=C\C/C=C\C/C=C\C/C=C\C/C=C\C/C=C\C/C=C\CCCCC(=O)NC(COP(=O)([O-])OCC[N+](C)(C)C)C(O)/C=C/CC/C=C/CCCCCCCCCCCCCCCCCC. The van der Waals surface area contributed by atoms with E-state index in [0.29, 0.717) is 17.4 Å². The number of unbranched alkanes of at least 4 members (excludes halogenated alkanes) is 19. The summed E-state index contributed by atoms with van der Waals surface area (Å²) in [6, 6.07) is -0.939. The van der Waals surface area contributed by atoms with Crippen molar-refractivity contribution in [2.24, 2.45) is 0 Å². The summed E-state index contributed by atoms with van der Waals surface area (Å²) in [5.74, 6) is -0.255. The van der Waals surface area contributed by atoms with E-state index in [4.69, 9.17) is 9.05 Å². The van der Waals surface area contributed by atoms with Crippen LogP contribution in [0, 0.1) is 0 Å². The first-order valence-electron chi connectivity index (χ1n) is 30.7. The number of nitrogens with one attached hydrogen (secondary N) is 1. The van der Waals surface area contributed by atoms with Crippen molar-refractivity contribution >= 4 is 13.7 Å². The zero-order chi connectivity index (χ0) is 56.3. The summed E-state index contributed by atoms with van der Waals surface area (Å²) < 4.78 is 23.3. The molecule has 0 aromatic heterocycles. The third kappa shape index (κ3) is 59.9. The van der Waals surface area contributed by atoms with Crippen LogP contribution in [0.2, 0.25) is 0 Å². The van der Waals surface area contributed by atoms with Crippen molar-refractivity contribution in [3.63, 3.8) is 0 Å². The Morgan fingerprint density at radius 3 is 1.21 bits per heavy atom. The largest absolute Gasteiger partial charge is 0.756 e. The Balaban J connectivity index is 4.36. The highest BCUT2D eigenvalue weighted by Crippen LogP contribution is 2.38. The van der Waals surface area contributed by atoms with Crippen LogP contribution in [-0.2, 0) is 18.4 Å². The first-order valence-corrected chi connectivity index (χ1v) is 32.2. The molecule has 0 spiro atoms. The summed E-state index contributed by atoms with van der Waals surface area (Å²) >= 11 is 0. The maximum Gasteiger partial charge on any atom is 0.268 e. The number of rotatable bonds is 54. The van der Waals surface area contributed by atoms with Gasteiger partial charge < -0.3 is 28.8 Å². The molecule has 2 N–H and O–H groups in total. The summed E-state index contributed by atoms with van der Waals surface area (Å²) in [6.07, 6.45) is 88.0. The first kappa shape index (κ1) is 73.4. The van der Waals surface area contributed by atoms with Crippen LogP contribution in [0.5, 0.6) is 0 Å². The molecule has 0 aliphatic carbocycles. The molecule has 0 fully saturated rings. The van der Waals surface area contributed by atoms with Gasteiger partial charge in [0.25, 0.3) is 7.82 Å². The summed E-state index contributed by atoms with van der Waals surface area (Å²) in [4.78, 5) is 25.5. The number of carbonyl (C=O) groups is 1. The maximum absolute atomic E-state index is 13.0. The van der Waals surface area contributed by atoms with Gasteiger partial charge in [0.15, 0.2) is 0 Å². The zero-order valence-corrected chi connectivity index (χ0v) is 50.7. The Bertz CT molecular complexity index is 1760. The second-order valence-electron chi connectivity index (χ2n) is 21.3. The van der Waals surface area contributed by atoms with Crippen molar-refractivity contribution in [1.29, 1.82) is 0 Å². The molecule has 0 aromatic rings. The van der Waals surface area contributed by atoms with E-state index in [1.165, 1.54) is 103 Å². The van der Waals surface area contributed by atoms with E-state index in [1.807, 2.05) is 27.2 Å². The number of nitrogens with zero attached hydrogens (tertiary/aromatic N) is 1. The van der Waals surface area contributed by atoms with Crippen molar-refractivity contribution in [2.45, 2.75) is 238 Å². The molecule has 0 aliphatic heterocycles. The molecule has 0 radical (unpaired) electrons. The Kier molecular flexibility index (Phi) is 54.4. The molecule has 438 valence electrons. The second kappa shape index (κ2) is 57.1. The summed E-state index contributed by atoms with van der Waals surface area (Å²) in [7, 11) is 1.19. The van der Waals surface area contributed by atoms with Crippen molar-refractivity contribution < 1.29 is 32.9 Å². The van der Waals surface area contributed by atoms with Crippen LogP contribution in [-0.4, -0.2) is 68.5 Å². The highest BCUT2D eigenvalue weighted by atomic mass is 31.2. The lowest BCUT2D eigenvalue weighted by Crippen LogP contribution is -2.45. The molecule has 77 heavy (non-hydrogen) atoms. The molecule has 0 bridgehead atoms. The Hall–Kier alpha value is -3.62. The van der Waals surface area contributed by atoms with Crippen LogP contribution >= 0.6 is 7.82 Å². The van der Waals surface area contributed by atoms with E-state index in [9.17, 15) is 19.4 Å². The van der Waals surface area contributed by atoms with Crippen molar-refractivity contribution in [3.05, 3.63) is 146 Å². The predicted molar refractivity (Wildman–Crippen MR) is 334 cm³/mol. The lowest BCUT2D eigenvalue weighted by molar-refractivity contribution is -0.870. The van der Waals surface area contributed by atoms with E-state index < -0.39 is 26.6 Å². The Morgan fingerprint density at radius 1 is 0.468 bits per heavy atom. The molecule has 8 nitrogen and oxygen atoms in total. The number of likely N-dealkylation sites (N-methyl/N-ethyl adjacent to an activating group) is 1. The topological polar surface area (TPSA) is 108 Å². The van der Waals surface area contributed by atoms with Crippen LogP contribution in [0.1, 0.15) is 226 Å². The van der Waals surface area contributed by atoms with Crippen LogP contribution in [0.4, 0.5) is 0 Å². The number of phosphoric acid groups is 1. The molecular formula is C68H115N2O6P. The van der Waals surface area contributed by atoms with Crippen molar-refractivity contribution in [1.82, 2.24) is 5.32 Å². The fourth-order valence-electron chi connectivity index (χ4n) is 8.02. The van der Waals surface area contributed by atoms with E-state index in [0.717, 1.165) is 96.3 Å². The molecule has 0 heterocycles. The van der Waals surface area contributed by atoms with Gasteiger partial charge in [-0.25, -0.2) is 0 Å². The average Bonchev–Trinajstić information content (AvgIpc) is 3.39. The van der Waals surface area contributed by atoms with E-state index in [1.54, 1.807) is 6.08 Å². The lowest BCUT2D eigenvalue weighted by Gasteiger charge is -2.29. The number of carbonyl (C=O) groups excluding carboxylic acids is 1. The van der Waals surface area contributed by atoms with Crippen LogP contribution < -0.4 is 10.2 Å². The Morgan fingerprint density at radius 2 is 0.805 bits per heavy atom. The van der Waals surface area contributed by atoms with Gasteiger partial charge in [0, 0.05) is 6.42 Å². The minimum absolute atomic E-state index is 0.0232. The molecule has 9 heteroatoms. The highest BCUT2D eigenvalue weighted by molar-refractivity contribution is 7.45. The monoisotopic (exact) mass is 1090 g/mol. The van der Waals surface area contributed by atoms with Gasteiger partial charge in [-0.3, -0.25) is 9.36 Å². The average molecular weight is 1090 g/mol. The van der Waals surface area contributed by atoms with Gasteiger partial charge in [-0.1, -0.05) is 256 Å². The number of quaternary nitrogens is 1. The maximum atomic E-state index is 13.0. The van der Waals surface area contributed by atoms with Crippen LogP contribution in [0.25, 0.3) is 0 Å². The van der Waals surface area contributed by atoms with Crippen LogP contribution in [0.3, 0.4) is 0 Å². The molecule has 3 atom stereocenters. The molecule has 0 aliphatic rings. The predicted octanol–water partition coefficient (Wildman–Crippen LogP) is 18.6. The molecule has 1 amide bonds. The second-order valence-corrected chi connectivity index (χ2v) is 22.7. The fraction of sp³-hybridized carbons (Fsp3) is 0.632. The lowest BCUT2D eigenvalue weighted by atomic mass is 10.0. The number of amides is 1. The van der Waals surface area contributed by atoms with E-state index in [-0.39, 0.29) is 18.9 Å². The van der Waals surface area contributed by atoms with Gasteiger partial charge in [0.1, 0.15) is 13.2 Å². The minimum Gasteiger partial charge on any atom is -0.756 e.